The number of halogens is 1. The van der Waals surface area contributed by atoms with Crippen molar-refractivity contribution in [3.8, 4) is 0 Å². The maximum Gasteiger partial charge on any atom is 0.0977 e. The van der Waals surface area contributed by atoms with Crippen molar-refractivity contribution in [1.29, 1.82) is 0 Å². The SMILES string of the molecule is CC1Cc2ccc(Cl)cc2C(c2ccc(N)c(CN)c2)=NN1. The molecule has 1 atom stereocenters. The third-order valence-corrected chi connectivity index (χ3v) is 4.12. The quantitative estimate of drug-likeness (QED) is 0.746. The van der Waals surface area contributed by atoms with E-state index >= 15 is 0 Å². The number of nitrogen functional groups attached to an aromatic ring is 1. The second kappa shape index (κ2) is 5.99. The highest BCUT2D eigenvalue weighted by molar-refractivity contribution is 6.31. The maximum atomic E-state index is 6.19. The van der Waals surface area contributed by atoms with Crippen LogP contribution in [0.25, 0.3) is 0 Å². The molecular weight excluding hydrogens is 296 g/mol. The molecule has 1 unspecified atom stereocenters. The fourth-order valence-electron chi connectivity index (χ4n) is 2.71. The highest BCUT2D eigenvalue weighted by Gasteiger charge is 2.19. The van der Waals surface area contributed by atoms with Crippen LogP contribution >= 0.6 is 11.6 Å². The van der Waals surface area contributed by atoms with Crippen molar-refractivity contribution >= 4 is 23.0 Å². The Hall–Kier alpha value is -2.04. The minimum Gasteiger partial charge on any atom is -0.398 e. The van der Waals surface area contributed by atoms with Gasteiger partial charge in [0, 0.05) is 34.4 Å². The van der Waals surface area contributed by atoms with Crippen LogP contribution in [0.15, 0.2) is 41.5 Å². The van der Waals surface area contributed by atoms with Gasteiger partial charge in [-0.15, -0.1) is 0 Å². The Balaban J connectivity index is 2.16. The van der Waals surface area contributed by atoms with Gasteiger partial charge in [0.25, 0.3) is 0 Å². The second-order valence-corrected chi connectivity index (χ2v) is 6.05. The Morgan fingerprint density at radius 1 is 1.27 bits per heavy atom. The van der Waals surface area contributed by atoms with E-state index in [1.165, 1.54) is 5.56 Å². The molecule has 4 nitrogen and oxygen atoms in total. The number of nitrogens with two attached hydrogens (primary N) is 2. The Morgan fingerprint density at radius 2 is 2.09 bits per heavy atom. The molecule has 2 aromatic rings. The zero-order chi connectivity index (χ0) is 15.7. The minimum atomic E-state index is 0.264. The van der Waals surface area contributed by atoms with Gasteiger partial charge in [-0.25, -0.2) is 0 Å². The first-order chi connectivity index (χ1) is 10.6. The third kappa shape index (κ3) is 2.80. The van der Waals surface area contributed by atoms with Crippen LogP contribution in [0.3, 0.4) is 0 Å². The van der Waals surface area contributed by atoms with Crippen LogP contribution in [0.5, 0.6) is 0 Å². The van der Waals surface area contributed by atoms with E-state index in [1.807, 2.05) is 30.3 Å². The van der Waals surface area contributed by atoms with E-state index in [-0.39, 0.29) is 6.04 Å². The molecule has 5 heteroatoms. The fourth-order valence-corrected chi connectivity index (χ4v) is 2.88. The largest absolute Gasteiger partial charge is 0.398 e. The van der Waals surface area contributed by atoms with Gasteiger partial charge in [0.05, 0.1) is 5.71 Å². The summed E-state index contributed by atoms with van der Waals surface area (Å²) in [5, 5.41) is 5.29. The van der Waals surface area contributed by atoms with Crippen LogP contribution in [0.4, 0.5) is 5.69 Å². The average Bonchev–Trinajstić information content (AvgIpc) is 2.66. The molecule has 0 fully saturated rings. The number of hydrazone groups is 1. The molecule has 1 heterocycles. The van der Waals surface area contributed by atoms with Crippen molar-refractivity contribution in [2.45, 2.75) is 25.9 Å². The standard InChI is InChI=1S/C17H19ClN4/c1-10-6-11-2-4-14(18)8-15(11)17(22-21-10)12-3-5-16(20)13(7-12)9-19/h2-5,7-8,10,21H,6,9,19-20H2,1H3. The summed E-state index contributed by atoms with van der Waals surface area (Å²) >= 11 is 6.19. The number of hydrogen-bond acceptors (Lipinski definition) is 4. The maximum absolute atomic E-state index is 6.19. The van der Waals surface area contributed by atoms with Crippen LogP contribution in [-0.2, 0) is 13.0 Å². The lowest BCUT2D eigenvalue weighted by molar-refractivity contribution is 0.576. The molecule has 0 saturated carbocycles. The number of nitrogens with one attached hydrogen (secondary N) is 1. The molecule has 0 amide bonds. The van der Waals surface area contributed by atoms with E-state index in [9.17, 15) is 0 Å². The average molecular weight is 315 g/mol. The van der Waals surface area contributed by atoms with Gasteiger partial charge < -0.3 is 16.9 Å². The van der Waals surface area contributed by atoms with Gasteiger partial charge in [-0.1, -0.05) is 23.7 Å². The summed E-state index contributed by atoms with van der Waals surface area (Å²) in [4.78, 5) is 0. The molecule has 0 radical (unpaired) electrons. The van der Waals surface area contributed by atoms with Crippen LogP contribution in [0.1, 0.15) is 29.2 Å². The predicted molar refractivity (Wildman–Crippen MR) is 92.1 cm³/mol. The van der Waals surface area contributed by atoms with Crippen molar-refractivity contribution in [3.05, 3.63) is 63.7 Å². The number of nitrogens with zero attached hydrogens (tertiary/aromatic N) is 1. The van der Waals surface area contributed by atoms with E-state index in [0.29, 0.717) is 17.3 Å². The number of fused-ring (bicyclic) bond motifs is 1. The molecular formula is C17H19ClN4. The third-order valence-electron chi connectivity index (χ3n) is 3.89. The molecule has 0 spiro atoms. The van der Waals surface area contributed by atoms with Gasteiger partial charge in [-0.3, -0.25) is 0 Å². The Kier molecular flexibility index (Phi) is 4.05. The summed E-state index contributed by atoms with van der Waals surface area (Å²) < 4.78 is 0. The molecule has 22 heavy (non-hydrogen) atoms. The summed E-state index contributed by atoms with van der Waals surface area (Å²) in [6.07, 6.45) is 0.901. The second-order valence-electron chi connectivity index (χ2n) is 5.61. The molecule has 0 bridgehead atoms. The molecule has 0 aliphatic carbocycles. The van der Waals surface area contributed by atoms with Crippen molar-refractivity contribution in [2.75, 3.05) is 5.73 Å². The smallest absolute Gasteiger partial charge is 0.0977 e. The first-order valence-electron chi connectivity index (χ1n) is 7.29. The van der Waals surface area contributed by atoms with E-state index in [4.69, 9.17) is 23.1 Å². The normalized spacial score (nSPS) is 17.2. The summed E-state index contributed by atoms with van der Waals surface area (Å²) in [7, 11) is 0. The first-order valence-corrected chi connectivity index (χ1v) is 7.67. The topological polar surface area (TPSA) is 76.4 Å². The van der Waals surface area contributed by atoms with E-state index in [2.05, 4.69) is 23.5 Å². The van der Waals surface area contributed by atoms with Gasteiger partial charge in [-0.2, -0.15) is 5.10 Å². The Labute approximate surface area is 135 Å². The van der Waals surface area contributed by atoms with Crippen LogP contribution in [0.2, 0.25) is 5.02 Å². The Bertz CT molecular complexity index is 739. The van der Waals surface area contributed by atoms with E-state index < -0.39 is 0 Å². The molecule has 0 aromatic heterocycles. The molecule has 1 aliphatic rings. The zero-order valence-corrected chi connectivity index (χ0v) is 13.2. The fraction of sp³-hybridized carbons (Fsp3) is 0.235. The highest BCUT2D eigenvalue weighted by Crippen LogP contribution is 2.25. The lowest BCUT2D eigenvalue weighted by Gasteiger charge is -2.12. The monoisotopic (exact) mass is 314 g/mol. The highest BCUT2D eigenvalue weighted by atomic mass is 35.5. The Morgan fingerprint density at radius 3 is 2.86 bits per heavy atom. The van der Waals surface area contributed by atoms with Crippen molar-refractivity contribution in [1.82, 2.24) is 5.43 Å². The van der Waals surface area contributed by atoms with Gasteiger partial charge in [0.15, 0.2) is 0 Å². The number of anilines is 1. The van der Waals surface area contributed by atoms with E-state index in [0.717, 1.165) is 28.8 Å². The van der Waals surface area contributed by atoms with Crippen LogP contribution < -0.4 is 16.9 Å². The van der Waals surface area contributed by atoms with Gasteiger partial charge >= 0.3 is 0 Å². The van der Waals surface area contributed by atoms with Crippen LogP contribution in [-0.4, -0.2) is 11.8 Å². The summed E-state index contributed by atoms with van der Waals surface area (Å²) in [5.41, 5.74) is 20.7. The van der Waals surface area contributed by atoms with Crippen molar-refractivity contribution in [3.63, 3.8) is 0 Å². The predicted octanol–water partition coefficient (Wildman–Crippen LogP) is 2.67. The van der Waals surface area contributed by atoms with E-state index in [1.54, 1.807) is 0 Å². The van der Waals surface area contributed by atoms with Gasteiger partial charge in [0.1, 0.15) is 0 Å². The lowest BCUT2D eigenvalue weighted by Crippen LogP contribution is -2.22. The van der Waals surface area contributed by atoms with Crippen LogP contribution in [0, 0.1) is 0 Å². The minimum absolute atomic E-state index is 0.264. The van der Waals surface area contributed by atoms with Gasteiger partial charge in [0.2, 0.25) is 0 Å². The van der Waals surface area contributed by atoms with Gasteiger partial charge in [-0.05, 0) is 48.7 Å². The molecule has 1 aliphatic heterocycles. The van der Waals surface area contributed by atoms with Crippen molar-refractivity contribution in [2.24, 2.45) is 10.8 Å². The number of rotatable bonds is 2. The van der Waals surface area contributed by atoms with Crippen molar-refractivity contribution < 1.29 is 0 Å². The lowest BCUT2D eigenvalue weighted by atomic mass is 9.94. The first kappa shape index (κ1) is 14.9. The molecule has 2 aromatic carbocycles. The molecule has 114 valence electrons. The molecule has 5 N–H and O–H groups in total. The molecule has 0 saturated heterocycles. The number of benzene rings is 2. The molecule has 3 rings (SSSR count). The number of hydrogen-bond donors (Lipinski definition) is 3. The summed E-state index contributed by atoms with van der Waals surface area (Å²) in [6.45, 7) is 2.51. The summed E-state index contributed by atoms with van der Waals surface area (Å²) in [5.74, 6) is 0. The zero-order valence-electron chi connectivity index (χ0n) is 12.4. The summed E-state index contributed by atoms with van der Waals surface area (Å²) in [6, 6.07) is 12.1.